The van der Waals surface area contributed by atoms with Crippen molar-refractivity contribution in [2.75, 3.05) is 18.2 Å². The number of hydrogen-bond acceptors (Lipinski definition) is 3. The fraction of sp³-hybridized carbons (Fsp3) is 0.556. The molecule has 1 N–H and O–H groups in total. The molecule has 23 heavy (non-hydrogen) atoms. The summed E-state index contributed by atoms with van der Waals surface area (Å²) in [5, 5.41) is 2.97. The first-order valence-corrected chi connectivity index (χ1v) is 9.29. The van der Waals surface area contributed by atoms with Crippen molar-refractivity contribution in [2.24, 2.45) is 5.92 Å². The topological polar surface area (TPSA) is 49.4 Å². The van der Waals surface area contributed by atoms with Gasteiger partial charge in [0.25, 0.3) is 5.91 Å². The standard InChI is InChI=1S/C18H26N2O2S/c1-12(2)7-8-19-17(21)16-10-23-11-20(16)18(22)15-6-5-13(3)9-14(15)4/h5-6,9,12,16H,7-8,10-11H2,1-4H3,(H,19,21)/t16-/m1/s1. The third-order valence-corrected chi connectivity index (χ3v) is 5.09. The molecule has 0 spiro atoms. The predicted octanol–water partition coefficient (Wildman–Crippen LogP) is 2.98. The molecular weight excluding hydrogens is 308 g/mol. The van der Waals surface area contributed by atoms with Gasteiger partial charge in [-0.05, 0) is 37.8 Å². The molecule has 1 saturated heterocycles. The summed E-state index contributed by atoms with van der Waals surface area (Å²) in [6.07, 6.45) is 0.955. The van der Waals surface area contributed by atoms with Crippen LogP contribution >= 0.6 is 11.8 Å². The second-order valence-corrected chi connectivity index (χ2v) is 7.58. The number of benzene rings is 1. The highest BCUT2D eigenvalue weighted by atomic mass is 32.2. The van der Waals surface area contributed by atoms with E-state index in [4.69, 9.17) is 0 Å². The van der Waals surface area contributed by atoms with Crippen LogP contribution in [0.15, 0.2) is 18.2 Å². The lowest BCUT2D eigenvalue weighted by Gasteiger charge is -2.24. The van der Waals surface area contributed by atoms with Crippen molar-refractivity contribution in [3.63, 3.8) is 0 Å². The van der Waals surface area contributed by atoms with Gasteiger partial charge in [-0.25, -0.2) is 0 Å². The van der Waals surface area contributed by atoms with Crippen molar-refractivity contribution in [1.29, 1.82) is 0 Å². The fourth-order valence-electron chi connectivity index (χ4n) is 2.67. The zero-order chi connectivity index (χ0) is 17.0. The van der Waals surface area contributed by atoms with E-state index in [-0.39, 0.29) is 17.9 Å². The molecule has 0 bridgehead atoms. The molecule has 5 heteroatoms. The van der Waals surface area contributed by atoms with Gasteiger partial charge in [-0.15, -0.1) is 11.8 Å². The summed E-state index contributed by atoms with van der Waals surface area (Å²) in [4.78, 5) is 26.9. The van der Waals surface area contributed by atoms with Crippen molar-refractivity contribution in [2.45, 2.75) is 40.2 Å². The van der Waals surface area contributed by atoms with E-state index in [9.17, 15) is 9.59 Å². The van der Waals surface area contributed by atoms with Gasteiger partial charge in [-0.1, -0.05) is 31.5 Å². The number of aryl methyl sites for hydroxylation is 2. The van der Waals surface area contributed by atoms with Crippen LogP contribution in [0, 0.1) is 19.8 Å². The van der Waals surface area contributed by atoms with Crippen molar-refractivity contribution >= 4 is 23.6 Å². The Labute approximate surface area is 143 Å². The van der Waals surface area contributed by atoms with Crippen LogP contribution in [0.3, 0.4) is 0 Å². The fourth-order valence-corrected chi connectivity index (χ4v) is 3.82. The van der Waals surface area contributed by atoms with Crippen molar-refractivity contribution in [3.8, 4) is 0 Å². The molecule has 0 saturated carbocycles. The Balaban J connectivity index is 2.05. The van der Waals surface area contributed by atoms with E-state index >= 15 is 0 Å². The molecule has 1 heterocycles. The van der Waals surface area contributed by atoms with Gasteiger partial charge in [0.1, 0.15) is 6.04 Å². The molecule has 0 unspecified atom stereocenters. The van der Waals surface area contributed by atoms with Crippen LogP contribution in [0.4, 0.5) is 0 Å². The van der Waals surface area contributed by atoms with Gasteiger partial charge in [0.15, 0.2) is 0 Å². The molecule has 1 aromatic rings. The molecule has 2 rings (SSSR count). The van der Waals surface area contributed by atoms with E-state index in [1.54, 1.807) is 16.7 Å². The van der Waals surface area contributed by atoms with E-state index in [1.165, 1.54) is 0 Å². The molecular formula is C18H26N2O2S. The molecule has 0 radical (unpaired) electrons. The summed E-state index contributed by atoms with van der Waals surface area (Å²) in [5.74, 6) is 1.73. The summed E-state index contributed by atoms with van der Waals surface area (Å²) in [6, 6.07) is 5.46. The van der Waals surface area contributed by atoms with Crippen LogP contribution < -0.4 is 5.32 Å². The summed E-state index contributed by atoms with van der Waals surface area (Å²) < 4.78 is 0. The average molecular weight is 334 g/mol. The number of hydrogen-bond donors (Lipinski definition) is 1. The minimum atomic E-state index is -0.361. The van der Waals surface area contributed by atoms with Gasteiger partial charge < -0.3 is 10.2 Å². The summed E-state index contributed by atoms with van der Waals surface area (Å²) in [6.45, 7) is 8.89. The highest BCUT2D eigenvalue weighted by Crippen LogP contribution is 2.24. The van der Waals surface area contributed by atoms with Crippen molar-refractivity contribution < 1.29 is 9.59 Å². The number of amides is 2. The van der Waals surface area contributed by atoms with E-state index in [0.717, 1.165) is 17.5 Å². The maximum Gasteiger partial charge on any atom is 0.255 e. The van der Waals surface area contributed by atoms with Gasteiger partial charge in [-0.3, -0.25) is 9.59 Å². The van der Waals surface area contributed by atoms with Gasteiger partial charge in [0.05, 0.1) is 5.88 Å². The SMILES string of the molecule is Cc1ccc(C(=O)N2CSC[C@@H]2C(=O)NCCC(C)C)c(C)c1. The molecule has 1 aliphatic heterocycles. The number of nitrogens with one attached hydrogen (secondary N) is 1. The highest BCUT2D eigenvalue weighted by molar-refractivity contribution is 7.99. The van der Waals surface area contributed by atoms with Crippen molar-refractivity contribution in [3.05, 3.63) is 34.9 Å². The first kappa shape index (κ1) is 17.9. The lowest BCUT2D eigenvalue weighted by molar-refractivity contribution is -0.124. The van der Waals surface area contributed by atoms with E-state index < -0.39 is 0 Å². The molecule has 0 aliphatic carbocycles. The first-order chi connectivity index (χ1) is 10.9. The quantitative estimate of drug-likeness (QED) is 0.900. The lowest BCUT2D eigenvalue weighted by Crippen LogP contribution is -2.47. The third-order valence-electron chi connectivity index (χ3n) is 4.08. The number of thioether (sulfide) groups is 1. The molecule has 1 fully saturated rings. The predicted molar refractivity (Wildman–Crippen MR) is 95.7 cm³/mol. The number of carbonyl (C=O) groups excluding carboxylic acids is 2. The van der Waals surface area contributed by atoms with Crippen LogP contribution in [0.5, 0.6) is 0 Å². The Morgan fingerprint density at radius 3 is 2.74 bits per heavy atom. The maximum atomic E-state index is 12.8. The Morgan fingerprint density at radius 1 is 1.35 bits per heavy atom. The monoisotopic (exact) mass is 334 g/mol. The zero-order valence-electron chi connectivity index (χ0n) is 14.4. The van der Waals surface area contributed by atoms with E-state index in [0.29, 0.717) is 29.7 Å². The highest BCUT2D eigenvalue weighted by Gasteiger charge is 2.35. The molecule has 1 aliphatic rings. The van der Waals surface area contributed by atoms with Crippen LogP contribution in [0.2, 0.25) is 0 Å². The van der Waals surface area contributed by atoms with Gasteiger partial charge in [0, 0.05) is 17.9 Å². The molecule has 0 aromatic heterocycles. The minimum Gasteiger partial charge on any atom is -0.354 e. The van der Waals surface area contributed by atoms with Crippen LogP contribution in [0.1, 0.15) is 41.8 Å². The molecule has 1 atom stereocenters. The van der Waals surface area contributed by atoms with Gasteiger partial charge >= 0.3 is 0 Å². The number of nitrogens with zero attached hydrogens (tertiary/aromatic N) is 1. The number of carbonyl (C=O) groups is 2. The molecule has 2 amide bonds. The smallest absolute Gasteiger partial charge is 0.255 e. The second-order valence-electron chi connectivity index (χ2n) is 6.58. The molecule has 4 nitrogen and oxygen atoms in total. The average Bonchev–Trinajstić information content (AvgIpc) is 2.95. The molecule has 1 aromatic carbocycles. The largest absolute Gasteiger partial charge is 0.354 e. The first-order valence-electron chi connectivity index (χ1n) is 8.14. The van der Waals surface area contributed by atoms with Crippen molar-refractivity contribution in [1.82, 2.24) is 10.2 Å². The lowest BCUT2D eigenvalue weighted by atomic mass is 10.0. The third kappa shape index (κ3) is 4.50. The normalized spacial score (nSPS) is 17.6. The Morgan fingerprint density at radius 2 is 2.09 bits per heavy atom. The summed E-state index contributed by atoms with van der Waals surface area (Å²) in [7, 11) is 0. The van der Waals surface area contributed by atoms with E-state index in [2.05, 4.69) is 19.2 Å². The number of rotatable bonds is 5. The minimum absolute atomic E-state index is 0.0336. The Bertz CT molecular complexity index is 586. The molecule has 126 valence electrons. The van der Waals surface area contributed by atoms with Crippen LogP contribution in [-0.2, 0) is 4.79 Å². The van der Waals surface area contributed by atoms with Crippen LogP contribution in [-0.4, -0.2) is 40.9 Å². The van der Waals surface area contributed by atoms with Gasteiger partial charge in [-0.2, -0.15) is 0 Å². The Hall–Kier alpha value is -1.49. The maximum absolute atomic E-state index is 12.8. The summed E-state index contributed by atoms with van der Waals surface area (Å²) in [5.41, 5.74) is 2.79. The van der Waals surface area contributed by atoms with Gasteiger partial charge in [0.2, 0.25) is 5.91 Å². The van der Waals surface area contributed by atoms with E-state index in [1.807, 2.05) is 32.0 Å². The zero-order valence-corrected chi connectivity index (χ0v) is 15.2. The summed E-state index contributed by atoms with van der Waals surface area (Å²) >= 11 is 1.63. The second kappa shape index (κ2) is 7.86. The Kier molecular flexibility index (Phi) is 6.10. The van der Waals surface area contributed by atoms with Crippen LogP contribution in [0.25, 0.3) is 0 Å².